The van der Waals surface area contributed by atoms with Crippen molar-refractivity contribution in [3.05, 3.63) is 12.2 Å². The van der Waals surface area contributed by atoms with Crippen LogP contribution in [0.25, 0.3) is 0 Å². The third-order valence-corrected chi connectivity index (χ3v) is 1.11. The van der Waals surface area contributed by atoms with E-state index in [9.17, 15) is 0 Å². The van der Waals surface area contributed by atoms with E-state index >= 15 is 0 Å². The highest BCUT2D eigenvalue weighted by molar-refractivity contribution is 5.85. The molecular formula is C5H9ClO2. The van der Waals surface area contributed by atoms with Gasteiger partial charge in [-0.25, -0.2) is 0 Å². The smallest absolute Gasteiger partial charge is 0.0982 e. The zero-order valence-corrected chi connectivity index (χ0v) is 5.14. The molecule has 0 aromatic rings. The van der Waals surface area contributed by atoms with Crippen LogP contribution < -0.4 is 0 Å². The quantitative estimate of drug-likeness (QED) is 0.464. The Hall–Kier alpha value is -0.0500. The topological polar surface area (TPSA) is 40.5 Å². The van der Waals surface area contributed by atoms with Crippen LogP contribution in [0.2, 0.25) is 0 Å². The molecule has 3 heteroatoms. The number of hydrogen-bond donors (Lipinski definition) is 2. The van der Waals surface area contributed by atoms with Crippen LogP contribution in [0, 0.1) is 0 Å². The standard InChI is InChI=1S/C5H8O2.ClH/c6-4-2-1-3-5(4)7;/h1-2,4-7H,3H2;1H. The lowest BCUT2D eigenvalue weighted by Crippen LogP contribution is -2.17. The summed E-state index contributed by atoms with van der Waals surface area (Å²) >= 11 is 0. The van der Waals surface area contributed by atoms with E-state index in [1.807, 2.05) is 0 Å². The molecule has 1 aliphatic carbocycles. The van der Waals surface area contributed by atoms with Crippen LogP contribution in [-0.2, 0) is 0 Å². The molecule has 2 unspecified atom stereocenters. The summed E-state index contributed by atoms with van der Waals surface area (Å²) in [7, 11) is 0. The third-order valence-electron chi connectivity index (χ3n) is 1.11. The van der Waals surface area contributed by atoms with E-state index < -0.39 is 12.2 Å². The Morgan fingerprint density at radius 1 is 1.38 bits per heavy atom. The van der Waals surface area contributed by atoms with Crippen molar-refractivity contribution in [2.75, 3.05) is 0 Å². The van der Waals surface area contributed by atoms with Gasteiger partial charge in [-0.1, -0.05) is 12.2 Å². The van der Waals surface area contributed by atoms with Crippen molar-refractivity contribution in [2.45, 2.75) is 18.6 Å². The van der Waals surface area contributed by atoms with E-state index in [0.29, 0.717) is 6.42 Å². The monoisotopic (exact) mass is 136 g/mol. The van der Waals surface area contributed by atoms with Crippen molar-refractivity contribution in [1.82, 2.24) is 0 Å². The van der Waals surface area contributed by atoms with Crippen LogP contribution in [0.1, 0.15) is 6.42 Å². The van der Waals surface area contributed by atoms with E-state index in [2.05, 4.69) is 0 Å². The van der Waals surface area contributed by atoms with Crippen molar-refractivity contribution in [1.29, 1.82) is 0 Å². The van der Waals surface area contributed by atoms with Gasteiger partial charge >= 0.3 is 0 Å². The SMILES string of the molecule is Cl.OC1C=CCC1O. The molecule has 0 spiro atoms. The van der Waals surface area contributed by atoms with Gasteiger partial charge in [-0.15, -0.1) is 12.4 Å². The molecule has 2 nitrogen and oxygen atoms in total. The molecule has 8 heavy (non-hydrogen) atoms. The Kier molecular flexibility index (Phi) is 3.05. The van der Waals surface area contributed by atoms with E-state index in [-0.39, 0.29) is 12.4 Å². The number of aliphatic hydroxyl groups is 2. The molecule has 0 heterocycles. The molecule has 0 radical (unpaired) electrons. The van der Waals surface area contributed by atoms with Crippen LogP contribution in [0.5, 0.6) is 0 Å². The highest BCUT2D eigenvalue weighted by Crippen LogP contribution is 2.08. The first-order valence-corrected chi connectivity index (χ1v) is 2.33. The molecular weight excluding hydrogens is 128 g/mol. The molecule has 0 amide bonds. The first-order chi connectivity index (χ1) is 3.30. The summed E-state index contributed by atoms with van der Waals surface area (Å²) in [4.78, 5) is 0. The maximum atomic E-state index is 8.69. The van der Waals surface area contributed by atoms with Crippen LogP contribution in [0.3, 0.4) is 0 Å². The Morgan fingerprint density at radius 2 is 2.00 bits per heavy atom. The number of halogens is 1. The molecule has 48 valence electrons. The Labute approximate surface area is 54.2 Å². The van der Waals surface area contributed by atoms with E-state index in [4.69, 9.17) is 10.2 Å². The summed E-state index contributed by atoms with van der Waals surface area (Å²) in [5, 5.41) is 17.3. The zero-order valence-electron chi connectivity index (χ0n) is 4.32. The normalized spacial score (nSPS) is 34.8. The molecule has 0 aromatic carbocycles. The summed E-state index contributed by atoms with van der Waals surface area (Å²) in [5.41, 5.74) is 0. The zero-order chi connectivity index (χ0) is 5.28. The maximum Gasteiger partial charge on any atom is 0.0982 e. The van der Waals surface area contributed by atoms with E-state index in [1.54, 1.807) is 12.2 Å². The van der Waals surface area contributed by atoms with E-state index in [1.165, 1.54) is 0 Å². The fourth-order valence-corrected chi connectivity index (χ4v) is 0.625. The summed E-state index contributed by atoms with van der Waals surface area (Å²) < 4.78 is 0. The second kappa shape index (κ2) is 3.07. The van der Waals surface area contributed by atoms with Crippen molar-refractivity contribution in [3.63, 3.8) is 0 Å². The van der Waals surface area contributed by atoms with Crippen LogP contribution in [0.4, 0.5) is 0 Å². The lowest BCUT2D eigenvalue weighted by Gasteiger charge is -2.03. The van der Waals surface area contributed by atoms with Gasteiger partial charge in [0.25, 0.3) is 0 Å². The molecule has 2 atom stereocenters. The minimum Gasteiger partial charge on any atom is -0.390 e. The van der Waals surface area contributed by atoms with Crippen molar-refractivity contribution in [2.24, 2.45) is 0 Å². The molecule has 0 fully saturated rings. The fraction of sp³-hybridized carbons (Fsp3) is 0.600. The highest BCUT2D eigenvalue weighted by Gasteiger charge is 2.15. The van der Waals surface area contributed by atoms with Gasteiger partial charge in [0.15, 0.2) is 0 Å². The van der Waals surface area contributed by atoms with Gasteiger partial charge in [0.2, 0.25) is 0 Å². The first-order valence-electron chi connectivity index (χ1n) is 2.33. The van der Waals surface area contributed by atoms with Crippen LogP contribution in [-0.4, -0.2) is 22.4 Å². The summed E-state index contributed by atoms with van der Waals surface area (Å²) in [6, 6.07) is 0. The summed E-state index contributed by atoms with van der Waals surface area (Å²) in [5.74, 6) is 0. The van der Waals surface area contributed by atoms with Crippen LogP contribution >= 0.6 is 12.4 Å². The summed E-state index contributed by atoms with van der Waals surface area (Å²) in [6.07, 6.45) is 2.82. The average molecular weight is 137 g/mol. The first kappa shape index (κ1) is 7.95. The van der Waals surface area contributed by atoms with Gasteiger partial charge < -0.3 is 10.2 Å². The minimum atomic E-state index is -0.611. The van der Waals surface area contributed by atoms with Gasteiger partial charge in [0.05, 0.1) is 12.2 Å². The van der Waals surface area contributed by atoms with Crippen molar-refractivity contribution >= 4 is 12.4 Å². The van der Waals surface area contributed by atoms with E-state index in [0.717, 1.165) is 0 Å². The molecule has 0 saturated heterocycles. The molecule has 0 aromatic heterocycles. The van der Waals surface area contributed by atoms with Gasteiger partial charge in [-0.2, -0.15) is 0 Å². The predicted molar refractivity (Wildman–Crippen MR) is 33.0 cm³/mol. The second-order valence-corrected chi connectivity index (χ2v) is 1.72. The lowest BCUT2D eigenvalue weighted by molar-refractivity contribution is 0.0611. The number of rotatable bonds is 0. The largest absolute Gasteiger partial charge is 0.390 e. The molecule has 1 rings (SSSR count). The van der Waals surface area contributed by atoms with Gasteiger partial charge in [0.1, 0.15) is 0 Å². The van der Waals surface area contributed by atoms with Crippen LogP contribution in [0.15, 0.2) is 12.2 Å². The maximum absolute atomic E-state index is 8.69. The summed E-state index contributed by atoms with van der Waals surface area (Å²) in [6.45, 7) is 0. The molecule has 0 bridgehead atoms. The lowest BCUT2D eigenvalue weighted by atomic mass is 10.2. The highest BCUT2D eigenvalue weighted by atomic mass is 35.5. The third kappa shape index (κ3) is 1.47. The Bertz CT molecular complexity index is 92.4. The Morgan fingerprint density at radius 3 is 2.12 bits per heavy atom. The fourth-order valence-electron chi connectivity index (χ4n) is 0.625. The van der Waals surface area contributed by atoms with Gasteiger partial charge in [-0.3, -0.25) is 0 Å². The van der Waals surface area contributed by atoms with Gasteiger partial charge in [0, 0.05) is 0 Å². The second-order valence-electron chi connectivity index (χ2n) is 1.72. The molecule has 0 saturated carbocycles. The molecule has 1 aliphatic rings. The average Bonchev–Trinajstić information content (AvgIpc) is 1.91. The Balaban J connectivity index is 0.000000490. The van der Waals surface area contributed by atoms with Gasteiger partial charge in [-0.05, 0) is 6.42 Å². The number of aliphatic hydroxyl groups excluding tert-OH is 2. The molecule has 2 N–H and O–H groups in total. The number of hydrogen-bond acceptors (Lipinski definition) is 2. The molecule has 0 aliphatic heterocycles. The minimum absolute atomic E-state index is 0. The van der Waals surface area contributed by atoms with Crippen molar-refractivity contribution < 1.29 is 10.2 Å². The predicted octanol–water partition coefficient (Wildman–Crippen LogP) is 0.0899. The van der Waals surface area contributed by atoms with Crippen molar-refractivity contribution in [3.8, 4) is 0 Å².